The number of fused-ring (bicyclic) bond motifs is 1. The molecule has 0 fully saturated rings. The van der Waals surface area contributed by atoms with Crippen molar-refractivity contribution in [3.05, 3.63) is 69.2 Å². The highest BCUT2D eigenvalue weighted by Gasteiger charge is 2.34. The number of carbonyl (C=O) groups excluding carboxylic acids is 1. The molecule has 16 heteroatoms. The van der Waals surface area contributed by atoms with Crippen molar-refractivity contribution in [2.75, 3.05) is 11.9 Å². The molecule has 0 aliphatic rings. The molecule has 0 spiro atoms. The SMILES string of the molecule is O=C(NCc1ncccc1C(F)(F)F)c1cc2nc(Nc3c(Cl)cc(F)cc3Cl)[nH]c2nc1OCC(F)F. The summed E-state index contributed by atoms with van der Waals surface area (Å²) in [6.45, 7) is -1.74. The number of carbonyl (C=O) groups is 1. The summed E-state index contributed by atoms with van der Waals surface area (Å²) in [5, 5.41) is 4.84. The number of rotatable bonds is 8. The summed E-state index contributed by atoms with van der Waals surface area (Å²) >= 11 is 12.0. The van der Waals surface area contributed by atoms with E-state index in [9.17, 15) is 31.1 Å². The fourth-order valence-electron chi connectivity index (χ4n) is 3.27. The van der Waals surface area contributed by atoms with Gasteiger partial charge in [-0.3, -0.25) is 9.78 Å². The number of nitrogens with zero attached hydrogens (tertiary/aromatic N) is 3. The normalized spacial score (nSPS) is 11.7. The number of hydrogen-bond donors (Lipinski definition) is 3. The molecular formula is C22H14Cl2F6N6O2. The average molecular weight is 579 g/mol. The third kappa shape index (κ3) is 6.19. The van der Waals surface area contributed by atoms with E-state index in [1.807, 2.05) is 0 Å². The van der Waals surface area contributed by atoms with E-state index in [0.717, 1.165) is 36.5 Å². The van der Waals surface area contributed by atoms with Crippen LogP contribution in [-0.4, -0.2) is 38.9 Å². The predicted octanol–water partition coefficient (Wildman–Crippen LogP) is 6.14. The first-order valence-corrected chi connectivity index (χ1v) is 11.2. The van der Waals surface area contributed by atoms with Crippen LogP contribution in [0.25, 0.3) is 11.2 Å². The van der Waals surface area contributed by atoms with Gasteiger partial charge >= 0.3 is 6.18 Å². The van der Waals surface area contributed by atoms with Crippen LogP contribution in [0, 0.1) is 5.82 Å². The van der Waals surface area contributed by atoms with Crippen molar-refractivity contribution in [2.24, 2.45) is 0 Å². The minimum Gasteiger partial charge on any atom is -0.471 e. The second kappa shape index (κ2) is 10.9. The van der Waals surface area contributed by atoms with Gasteiger partial charge in [0, 0.05) is 6.20 Å². The van der Waals surface area contributed by atoms with E-state index in [4.69, 9.17) is 27.9 Å². The number of amides is 1. The third-order valence-electron chi connectivity index (χ3n) is 4.89. The molecule has 1 aromatic carbocycles. The van der Waals surface area contributed by atoms with Crippen LogP contribution >= 0.6 is 23.2 Å². The van der Waals surface area contributed by atoms with Gasteiger partial charge in [0.1, 0.15) is 16.9 Å². The summed E-state index contributed by atoms with van der Waals surface area (Å²) < 4.78 is 83.7. The Kier molecular flexibility index (Phi) is 7.83. The van der Waals surface area contributed by atoms with E-state index in [1.54, 1.807) is 0 Å². The van der Waals surface area contributed by atoms with Crippen LogP contribution in [0.3, 0.4) is 0 Å². The fraction of sp³-hybridized carbons (Fsp3) is 0.182. The van der Waals surface area contributed by atoms with Crippen molar-refractivity contribution >= 4 is 51.9 Å². The Balaban J connectivity index is 1.64. The quantitative estimate of drug-likeness (QED) is 0.217. The molecular weight excluding hydrogens is 565 g/mol. The molecule has 1 amide bonds. The topological polar surface area (TPSA) is 105 Å². The Labute approximate surface area is 219 Å². The Morgan fingerprint density at radius 3 is 2.50 bits per heavy atom. The van der Waals surface area contributed by atoms with Crippen molar-refractivity contribution in [1.29, 1.82) is 0 Å². The minimum absolute atomic E-state index is 0.00763. The first-order chi connectivity index (χ1) is 17.9. The molecule has 200 valence electrons. The van der Waals surface area contributed by atoms with Crippen LogP contribution in [0.15, 0.2) is 36.5 Å². The van der Waals surface area contributed by atoms with Crippen molar-refractivity contribution in [3.8, 4) is 5.88 Å². The molecule has 8 nitrogen and oxygen atoms in total. The van der Waals surface area contributed by atoms with Gasteiger partial charge in [0.15, 0.2) is 12.3 Å². The summed E-state index contributed by atoms with van der Waals surface area (Å²) in [6.07, 6.45) is -6.50. The Morgan fingerprint density at radius 1 is 1.13 bits per heavy atom. The number of hydrogen-bond acceptors (Lipinski definition) is 6. The Bertz CT molecular complexity index is 1470. The summed E-state index contributed by atoms with van der Waals surface area (Å²) in [4.78, 5) is 27.4. The highest BCUT2D eigenvalue weighted by atomic mass is 35.5. The molecule has 4 rings (SSSR count). The maximum atomic E-state index is 13.5. The van der Waals surface area contributed by atoms with Crippen molar-refractivity contribution < 1.29 is 35.9 Å². The molecule has 0 saturated heterocycles. The third-order valence-corrected chi connectivity index (χ3v) is 5.49. The number of aromatic amines is 1. The summed E-state index contributed by atoms with van der Waals surface area (Å²) in [7, 11) is 0. The average Bonchev–Trinajstić information content (AvgIpc) is 3.23. The number of anilines is 2. The van der Waals surface area contributed by atoms with Gasteiger partial charge in [-0.05, 0) is 30.3 Å². The Morgan fingerprint density at radius 2 is 1.84 bits per heavy atom. The molecule has 0 radical (unpaired) electrons. The number of ether oxygens (including phenoxy) is 1. The summed E-state index contributed by atoms with van der Waals surface area (Å²) in [5.41, 5.74) is -1.76. The molecule has 38 heavy (non-hydrogen) atoms. The Hall–Kier alpha value is -3.78. The lowest BCUT2D eigenvalue weighted by molar-refractivity contribution is -0.138. The lowest BCUT2D eigenvalue weighted by Crippen LogP contribution is -2.26. The second-order valence-electron chi connectivity index (χ2n) is 7.54. The number of halogens is 8. The lowest BCUT2D eigenvalue weighted by atomic mass is 10.1. The number of aromatic nitrogens is 4. The molecule has 0 saturated carbocycles. The highest BCUT2D eigenvalue weighted by molar-refractivity contribution is 6.39. The van der Waals surface area contributed by atoms with Gasteiger partial charge in [-0.1, -0.05) is 23.2 Å². The van der Waals surface area contributed by atoms with Gasteiger partial charge in [-0.15, -0.1) is 0 Å². The molecule has 0 atom stereocenters. The van der Waals surface area contributed by atoms with E-state index in [1.165, 1.54) is 0 Å². The van der Waals surface area contributed by atoms with Gasteiger partial charge in [-0.25, -0.2) is 18.2 Å². The van der Waals surface area contributed by atoms with Gasteiger partial charge < -0.3 is 20.4 Å². The van der Waals surface area contributed by atoms with Crippen molar-refractivity contribution in [3.63, 3.8) is 0 Å². The number of imidazole rings is 1. The van der Waals surface area contributed by atoms with Crippen LogP contribution in [-0.2, 0) is 12.7 Å². The molecule has 3 aromatic heterocycles. The van der Waals surface area contributed by atoms with Gasteiger partial charge in [0.25, 0.3) is 12.3 Å². The van der Waals surface area contributed by atoms with Crippen LogP contribution in [0.4, 0.5) is 38.0 Å². The zero-order valence-electron chi connectivity index (χ0n) is 18.6. The minimum atomic E-state index is -4.71. The monoisotopic (exact) mass is 578 g/mol. The van der Waals surface area contributed by atoms with Crippen LogP contribution < -0.4 is 15.4 Å². The molecule has 0 bridgehead atoms. The van der Waals surface area contributed by atoms with Gasteiger partial charge in [0.05, 0.1) is 33.5 Å². The molecule has 0 aliphatic heterocycles. The van der Waals surface area contributed by atoms with Crippen molar-refractivity contribution in [2.45, 2.75) is 19.1 Å². The number of nitrogens with one attached hydrogen (secondary N) is 3. The van der Waals surface area contributed by atoms with E-state index in [2.05, 4.69) is 30.6 Å². The van der Waals surface area contributed by atoms with Gasteiger partial charge in [0.2, 0.25) is 11.8 Å². The van der Waals surface area contributed by atoms with E-state index in [0.29, 0.717) is 0 Å². The maximum Gasteiger partial charge on any atom is 0.418 e. The van der Waals surface area contributed by atoms with Crippen LogP contribution in [0.1, 0.15) is 21.6 Å². The lowest BCUT2D eigenvalue weighted by Gasteiger charge is -2.13. The number of pyridine rings is 2. The number of benzene rings is 1. The summed E-state index contributed by atoms with van der Waals surface area (Å²) in [6, 6.07) is 5.04. The zero-order valence-corrected chi connectivity index (χ0v) is 20.1. The molecule has 0 aliphatic carbocycles. The summed E-state index contributed by atoms with van der Waals surface area (Å²) in [5.74, 6) is -2.20. The van der Waals surface area contributed by atoms with E-state index in [-0.39, 0.29) is 38.4 Å². The van der Waals surface area contributed by atoms with E-state index < -0.39 is 54.6 Å². The predicted molar refractivity (Wildman–Crippen MR) is 125 cm³/mol. The maximum absolute atomic E-state index is 13.5. The standard InChI is InChI=1S/C22H14Cl2F6N6O2/c23-12-4-9(25)5-13(24)17(12)34-21-33-14-6-10(20(35-18(14)36-21)38-8-16(26)27)19(37)32-7-15-11(22(28,29)30)2-1-3-31-15/h1-6,16H,7-8H2,(H,32,37)(H2,33,34,35,36). The molecule has 4 aromatic rings. The van der Waals surface area contributed by atoms with Gasteiger partial charge in [-0.2, -0.15) is 18.2 Å². The zero-order chi connectivity index (χ0) is 27.6. The smallest absolute Gasteiger partial charge is 0.418 e. The first kappa shape index (κ1) is 27.3. The van der Waals surface area contributed by atoms with Crippen molar-refractivity contribution in [1.82, 2.24) is 25.3 Å². The number of H-pyrrole nitrogens is 1. The number of alkyl halides is 5. The molecule has 3 heterocycles. The highest BCUT2D eigenvalue weighted by Crippen LogP contribution is 2.34. The largest absolute Gasteiger partial charge is 0.471 e. The molecule has 0 unspecified atom stereocenters. The van der Waals surface area contributed by atoms with Crippen LogP contribution in [0.5, 0.6) is 5.88 Å². The van der Waals surface area contributed by atoms with Crippen LogP contribution in [0.2, 0.25) is 10.0 Å². The second-order valence-corrected chi connectivity index (χ2v) is 8.36. The molecule has 3 N–H and O–H groups in total. The fourth-order valence-corrected chi connectivity index (χ4v) is 3.83. The van der Waals surface area contributed by atoms with E-state index >= 15 is 0 Å². The first-order valence-electron chi connectivity index (χ1n) is 10.4.